The predicted octanol–water partition coefficient (Wildman–Crippen LogP) is 5.60. The molecule has 1 amide bonds. The highest BCUT2D eigenvalue weighted by atomic mass is 35.5. The predicted molar refractivity (Wildman–Crippen MR) is 122 cm³/mol. The molecule has 0 spiro atoms. The van der Waals surface area contributed by atoms with Gasteiger partial charge in [-0.15, -0.1) is 10.2 Å². The molecule has 150 valence electrons. The summed E-state index contributed by atoms with van der Waals surface area (Å²) in [6, 6.07) is 19.2. The summed E-state index contributed by atoms with van der Waals surface area (Å²) in [5, 5.41) is 12.7. The molecule has 0 bridgehead atoms. The Kier molecular flexibility index (Phi) is 5.63. The van der Waals surface area contributed by atoms with E-state index in [-0.39, 0.29) is 5.91 Å². The van der Waals surface area contributed by atoms with Gasteiger partial charge in [-0.2, -0.15) is 4.80 Å². The van der Waals surface area contributed by atoms with Crippen molar-refractivity contribution in [2.24, 2.45) is 0 Å². The topological polar surface area (TPSA) is 59.8 Å². The number of hydrogen-bond acceptors (Lipinski definition) is 3. The first-order chi connectivity index (χ1) is 14.5. The van der Waals surface area contributed by atoms with Crippen molar-refractivity contribution in [1.82, 2.24) is 15.0 Å². The molecule has 0 aliphatic carbocycles. The number of anilines is 1. The molecule has 5 nitrogen and oxygen atoms in total. The smallest absolute Gasteiger partial charge is 0.248 e. The molecule has 0 fully saturated rings. The van der Waals surface area contributed by atoms with Gasteiger partial charge in [0.15, 0.2) is 0 Å². The van der Waals surface area contributed by atoms with Crippen molar-refractivity contribution < 1.29 is 4.79 Å². The Balaban J connectivity index is 1.54. The summed E-state index contributed by atoms with van der Waals surface area (Å²) in [5.74, 6) is -0.213. The summed E-state index contributed by atoms with van der Waals surface area (Å²) in [7, 11) is 0. The number of aryl methyl sites for hydroxylation is 2. The second-order valence-corrected chi connectivity index (χ2v) is 7.48. The first-order valence-corrected chi connectivity index (χ1v) is 10.1. The van der Waals surface area contributed by atoms with E-state index < -0.39 is 0 Å². The fourth-order valence-corrected chi connectivity index (χ4v) is 3.23. The van der Waals surface area contributed by atoms with E-state index in [1.165, 1.54) is 11.6 Å². The number of benzene rings is 3. The standard InChI is InChI=1S/C24H21ClN4O/c1-3-17-6-11-20(12-7-17)29-27-22-14-16(2)21(15-23(22)28-29)26-24(30)13-8-18-4-9-19(25)10-5-18/h4-15H,3H2,1-2H3,(H,26,30)/b13-8+. The zero-order valence-electron chi connectivity index (χ0n) is 16.8. The number of aromatic nitrogens is 3. The van der Waals surface area contributed by atoms with Crippen molar-refractivity contribution in [3.63, 3.8) is 0 Å². The second kappa shape index (κ2) is 8.51. The number of halogens is 1. The number of amides is 1. The van der Waals surface area contributed by atoms with Crippen LogP contribution in [0.25, 0.3) is 22.8 Å². The van der Waals surface area contributed by atoms with Gasteiger partial charge in [-0.3, -0.25) is 4.79 Å². The zero-order valence-corrected chi connectivity index (χ0v) is 17.5. The van der Waals surface area contributed by atoms with E-state index in [9.17, 15) is 4.79 Å². The van der Waals surface area contributed by atoms with Gasteiger partial charge in [0.1, 0.15) is 11.0 Å². The molecule has 6 heteroatoms. The maximum Gasteiger partial charge on any atom is 0.248 e. The fraction of sp³-hybridized carbons (Fsp3) is 0.125. The molecule has 0 radical (unpaired) electrons. The van der Waals surface area contributed by atoms with Crippen molar-refractivity contribution in [3.8, 4) is 5.69 Å². The van der Waals surface area contributed by atoms with Gasteiger partial charge >= 0.3 is 0 Å². The number of carbonyl (C=O) groups excluding carboxylic acids is 1. The number of nitrogens with one attached hydrogen (secondary N) is 1. The minimum absolute atomic E-state index is 0.213. The zero-order chi connectivity index (χ0) is 21.1. The summed E-state index contributed by atoms with van der Waals surface area (Å²) < 4.78 is 0. The average molecular weight is 417 g/mol. The van der Waals surface area contributed by atoms with Crippen LogP contribution in [0.2, 0.25) is 5.02 Å². The van der Waals surface area contributed by atoms with Gasteiger partial charge in [0.2, 0.25) is 5.91 Å². The lowest BCUT2D eigenvalue weighted by Gasteiger charge is -2.05. The van der Waals surface area contributed by atoms with Crippen LogP contribution in [-0.4, -0.2) is 20.9 Å². The molecule has 0 unspecified atom stereocenters. The highest BCUT2D eigenvalue weighted by Crippen LogP contribution is 2.22. The molecule has 1 heterocycles. The van der Waals surface area contributed by atoms with Crippen LogP contribution in [0.15, 0.2) is 66.7 Å². The van der Waals surface area contributed by atoms with Crippen LogP contribution in [0, 0.1) is 6.92 Å². The molecule has 1 N–H and O–H groups in total. The van der Waals surface area contributed by atoms with Crippen LogP contribution in [-0.2, 0) is 11.2 Å². The monoisotopic (exact) mass is 416 g/mol. The molecule has 3 aromatic carbocycles. The minimum atomic E-state index is -0.213. The summed E-state index contributed by atoms with van der Waals surface area (Å²) in [5.41, 5.74) is 6.20. The first-order valence-electron chi connectivity index (χ1n) is 9.73. The maximum absolute atomic E-state index is 12.4. The molecule has 0 saturated heterocycles. The minimum Gasteiger partial charge on any atom is -0.322 e. The van der Waals surface area contributed by atoms with E-state index in [1.54, 1.807) is 23.0 Å². The van der Waals surface area contributed by atoms with Crippen LogP contribution < -0.4 is 5.32 Å². The summed E-state index contributed by atoms with van der Waals surface area (Å²) in [6.45, 7) is 4.06. The first kappa shape index (κ1) is 19.9. The van der Waals surface area contributed by atoms with Gasteiger partial charge < -0.3 is 5.32 Å². The number of hydrogen-bond donors (Lipinski definition) is 1. The molecule has 1 aromatic heterocycles. The lowest BCUT2D eigenvalue weighted by Crippen LogP contribution is -2.08. The van der Waals surface area contributed by atoms with Crippen molar-refractivity contribution in [2.75, 3.05) is 5.32 Å². The van der Waals surface area contributed by atoms with E-state index in [4.69, 9.17) is 11.6 Å². The SMILES string of the molecule is CCc1ccc(-n2nc3cc(C)c(NC(=O)/C=C/c4ccc(Cl)cc4)cc3n2)cc1. The summed E-state index contributed by atoms with van der Waals surface area (Å²) >= 11 is 5.89. The van der Waals surface area contributed by atoms with Gasteiger partial charge in [-0.25, -0.2) is 0 Å². The average Bonchev–Trinajstić information content (AvgIpc) is 3.16. The lowest BCUT2D eigenvalue weighted by atomic mass is 10.1. The van der Waals surface area contributed by atoms with Crippen LogP contribution in [0.5, 0.6) is 0 Å². The van der Waals surface area contributed by atoms with E-state index in [0.717, 1.165) is 34.3 Å². The molecule has 0 aliphatic rings. The van der Waals surface area contributed by atoms with Crippen molar-refractivity contribution in [2.45, 2.75) is 20.3 Å². The van der Waals surface area contributed by atoms with Gasteiger partial charge in [-0.05, 0) is 72.5 Å². The van der Waals surface area contributed by atoms with Gasteiger partial charge in [0, 0.05) is 16.8 Å². The highest BCUT2D eigenvalue weighted by Gasteiger charge is 2.10. The van der Waals surface area contributed by atoms with Gasteiger partial charge in [0.25, 0.3) is 0 Å². The number of nitrogens with zero attached hydrogens (tertiary/aromatic N) is 3. The lowest BCUT2D eigenvalue weighted by molar-refractivity contribution is -0.111. The third-order valence-electron chi connectivity index (χ3n) is 4.86. The fourth-order valence-electron chi connectivity index (χ4n) is 3.10. The Labute approximate surface area is 180 Å². The normalized spacial score (nSPS) is 11.3. The molecule has 4 rings (SSSR count). The summed E-state index contributed by atoms with van der Waals surface area (Å²) in [6.07, 6.45) is 4.23. The van der Waals surface area contributed by atoms with Crippen molar-refractivity contribution in [1.29, 1.82) is 0 Å². The largest absolute Gasteiger partial charge is 0.322 e. The Morgan fingerprint density at radius 3 is 2.37 bits per heavy atom. The number of rotatable bonds is 5. The summed E-state index contributed by atoms with van der Waals surface area (Å²) in [4.78, 5) is 14.0. The van der Waals surface area contributed by atoms with Gasteiger partial charge in [0.05, 0.1) is 5.69 Å². The van der Waals surface area contributed by atoms with Crippen molar-refractivity contribution >= 4 is 40.3 Å². The molecule has 0 atom stereocenters. The van der Waals surface area contributed by atoms with E-state index in [2.05, 4.69) is 34.6 Å². The van der Waals surface area contributed by atoms with Gasteiger partial charge in [-0.1, -0.05) is 42.8 Å². The van der Waals surface area contributed by atoms with E-state index >= 15 is 0 Å². The number of carbonyl (C=O) groups is 1. The molecule has 0 aliphatic heterocycles. The Hall–Kier alpha value is -3.44. The molecule has 0 saturated carbocycles. The van der Waals surface area contributed by atoms with Crippen LogP contribution >= 0.6 is 11.6 Å². The van der Waals surface area contributed by atoms with Crippen LogP contribution in [0.3, 0.4) is 0 Å². The molecule has 4 aromatic rings. The molecular weight excluding hydrogens is 396 g/mol. The third-order valence-corrected chi connectivity index (χ3v) is 5.11. The quantitative estimate of drug-likeness (QED) is 0.431. The maximum atomic E-state index is 12.4. The Morgan fingerprint density at radius 2 is 1.70 bits per heavy atom. The Bertz CT molecular complexity index is 1220. The Morgan fingerprint density at radius 1 is 1.03 bits per heavy atom. The van der Waals surface area contributed by atoms with E-state index in [0.29, 0.717) is 10.7 Å². The second-order valence-electron chi connectivity index (χ2n) is 7.04. The molecular formula is C24H21ClN4O. The van der Waals surface area contributed by atoms with Crippen molar-refractivity contribution in [3.05, 3.63) is 88.5 Å². The highest BCUT2D eigenvalue weighted by molar-refractivity contribution is 6.30. The van der Waals surface area contributed by atoms with Crippen LogP contribution in [0.1, 0.15) is 23.6 Å². The van der Waals surface area contributed by atoms with Crippen LogP contribution in [0.4, 0.5) is 5.69 Å². The third kappa shape index (κ3) is 4.42. The number of fused-ring (bicyclic) bond motifs is 1. The van der Waals surface area contributed by atoms with E-state index in [1.807, 2.05) is 43.3 Å². The molecule has 30 heavy (non-hydrogen) atoms.